The fraction of sp³-hybridized carbons (Fsp3) is 0.0909. The Hall–Kier alpha value is -3.18. The highest BCUT2D eigenvalue weighted by atomic mass is 32.1. The Morgan fingerprint density at radius 3 is 2.22 bits per heavy atom. The van der Waals surface area contributed by atoms with Crippen molar-refractivity contribution >= 4 is 27.6 Å². The summed E-state index contributed by atoms with van der Waals surface area (Å²) >= 11 is 0.990. The van der Waals surface area contributed by atoms with Crippen molar-refractivity contribution in [1.29, 1.82) is 0 Å². The first kappa shape index (κ1) is 17.2. The predicted molar refractivity (Wildman–Crippen MR) is 107 cm³/mol. The first-order chi connectivity index (χ1) is 13.0. The monoisotopic (exact) mass is 376 g/mol. The molecule has 4 nitrogen and oxygen atoms in total. The third kappa shape index (κ3) is 3.55. The van der Waals surface area contributed by atoms with E-state index in [1.54, 1.807) is 24.3 Å². The number of hydrogen-bond donors (Lipinski definition) is 0. The number of carbonyl (C=O) groups excluding carboxylic acids is 1. The Morgan fingerprint density at radius 1 is 0.926 bits per heavy atom. The van der Waals surface area contributed by atoms with Crippen LogP contribution in [0, 0.1) is 13.8 Å². The molecular formula is C22H16O4S. The number of ether oxygens (including phenoxy) is 1. The number of benzene rings is 3. The van der Waals surface area contributed by atoms with Gasteiger partial charge in [0.15, 0.2) is 5.58 Å². The lowest BCUT2D eigenvalue weighted by Gasteiger charge is -2.08. The zero-order chi connectivity index (χ0) is 19.0. The molecule has 0 radical (unpaired) electrons. The van der Waals surface area contributed by atoms with Gasteiger partial charge in [-0.05, 0) is 37.6 Å². The number of hydrogen-bond acceptors (Lipinski definition) is 5. The molecule has 5 heteroatoms. The van der Waals surface area contributed by atoms with E-state index in [0.29, 0.717) is 21.6 Å². The van der Waals surface area contributed by atoms with Gasteiger partial charge in [0.1, 0.15) is 5.75 Å². The van der Waals surface area contributed by atoms with Crippen LogP contribution in [-0.2, 0) is 0 Å². The van der Waals surface area contributed by atoms with Crippen LogP contribution in [0.5, 0.6) is 5.75 Å². The summed E-state index contributed by atoms with van der Waals surface area (Å²) in [6, 6.07) is 18.4. The van der Waals surface area contributed by atoms with E-state index in [1.165, 1.54) is 0 Å². The lowest BCUT2D eigenvalue weighted by molar-refractivity contribution is 0.0735. The molecule has 0 unspecified atom stereocenters. The highest BCUT2D eigenvalue weighted by Crippen LogP contribution is 2.34. The van der Waals surface area contributed by atoms with Crippen LogP contribution in [-0.4, -0.2) is 5.97 Å². The fourth-order valence-electron chi connectivity index (χ4n) is 2.81. The second-order valence-corrected chi connectivity index (χ2v) is 7.35. The largest absolute Gasteiger partial charge is 0.423 e. The summed E-state index contributed by atoms with van der Waals surface area (Å²) in [6.07, 6.45) is 0. The second-order valence-electron chi connectivity index (χ2n) is 6.37. The molecule has 4 aromatic rings. The Labute approximate surface area is 159 Å². The maximum absolute atomic E-state index is 12.5. The molecule has 0 saturated carbocycles. The predicted octanol–water partition coefficient (Wildman–Crippen LogP) is 5.36. The van der Waals surface area contributed by atoms with Gasteiger partial charge in [-0.2, -0.15) is 0 Å². The molecule has 0 N–H and O–H groups in total. The third-order valence-electron chi connectivity index (χ3n) is 4.27. The van der Waals surface area contributed by atoms with Gasteiger partial charge in [0, 0.05) is 11.6 Å². The van der Waals surface area contributed by atoms with Crippen LogP contribution in [0.4, 0.5) is 0 Å². The minimum atomic E-state index is -0.444. The van der Waals surface area contributed by atoms with Gasteiger partial charge >= 0.3 is 10.9 Å². The van der Waals surface area contributed by atoms with Gasteiger partial charge in [-0.1, -0.05) is 58.9 Å². The first-order valence-corrected chi connectivity index (χ1v) is 9.25. The molecule has 3 aromatic carbocycles. The summed E-state index contributed by atoms with van der Waals surface area (Å²) in [5.74, 6) is -0.0688. The molecule has 0 saturated heterocycles. The molecule has 4 rings (SSSR count). The number of carbonyl (C=O) groups is 1. The van der Waals surface area contributed by atoms with Crippen LogP contribution in [0.15, 0.2) is 69.9 Å². The van der Waals surface area contributed by atoms with Crippen molar-refractivity contribution in [1.82, 2.24) is 0 Å². The molecule has 27 heavy (non-hydrogen) atoms. The Morgan fingerprint density at radius 2 is 1.56 bits per heavy atom. The van der Waals surface area contributed by atoms with Crippen molar-refractivity contribution < 1.29 is 13.9 Å². The maximum atomic E-state index is 12.5. The molecule has 0 atom stereocenters. The average Bonchev–Trinajstić information content (AvgIpc) is 3.02. The highest BCUT2D eigenvalue weighted by molar-refractivity contribution is 7.16. The van der Waals surface area contributed by atoms with Crippen LogP contribution in [0.25, 0.3) is 21.4 Å². The molecule has 0 aliphatic heterocycles. The van der Waals surface area contributed by atoms with E-state index in [0.717, 1.165) is 33.6 Å². The van der Waals surface area contributed by atoms with E-state index in [2.05, 4.69) is 0 Å². The molecule has 134 valence electrons. The first-order valence-electron chi connectivity index (χ1n) is 8.43. The van der Waals surface area contributed by atoms with Gasteiger partial charge in [-0.15, -0.1) is 0 Å². The van der Waals surface area contributed by atoms with E-state index in [-0.39, 0.29) is 4.94 Å². The molecule has 0 amide bonds. The fourth-order valence-corrected chi connectivity index (χ4v) is 3.54. The summed E-state index contributed by atoms with van der Waals surface area (Å²) in [5, 5.41) is 0. The van der Waals surface area contributed by atoms with Crippen molar-refractivity contribution in [2.75, 3.05) is 0 Å². The minimum absolute atomic E-state index is 0.376. The topological polar surface area (TPSA) is 56.5 Å². The second kappa shape index (κ2) is 6.85. The molecule has 0 aliphatic carbocycles. The molecule has 0 spiro atoms. The van der Waals surface area contributed by atoms with E-state index in [1.807, 2.05) is 50.2 Å². The van der Waals surface area contributed by atoms with Crippen LogP contribution in [0.1, 0.15) is 21.5 Å². The van der Waals surface area contributed by atoms with Crippen molar-refractivity contribution in [3.8, 4) is 16.9 Å². The Bertz CT molecular complexity index is 1180. The molecule has 1 heterocycles. The summed E-state index contributed by atoms with van der Waals surface area (Å²) in [4.78, 5) is 23.8. The SMILES string of the molecule is Cc1ccc(C(=O)Oc2cc(-c3ccc(C)cc3)c3oc(=O)sc3c2)cc1. The summed E-state index contributed by atoms with van der Waals surface area (Å²) in [6.45, 7) is 3.96. The van der Waals surface area contributed by atoms with Gasteiger partial charge in [-0.3, -0.25) is 0 Å². The smallest absolute Gasteiger partial charge is 0.396 e. The van der Waals surface area contributed by atoms with Crippen molar-refractivity contribution in [3.05, 3.63) is 87.1 Å². The van der Waals surface area contributed by atoms with Crippen LogP contribution < -0.4 is 9.68 Å². The van der Waals surface area contributed by atoms with E-state index in [4.69, 9.17) is 9.15 Å². The van der Waals surface area contributed by atoms with Gasteiger partial charge < -0.3 is 9.15 Å². The van der Waals surface area contributed by atoms with Crippen LogP contribution >= 0.6 is 11.3 Å². The maximum Gasteiger partial charge on any atom is 0.396 e. The van der Waals surface area contributed by atoms with Crippen LogP contribution in [0.2, 0.25) is 0 Å². The number of aryl methyl sites for hydroxylation is 2. The van der Waals surface area contributed by atoms with E-state index < -0.39 is 5.97 Å². The minimum Gasteiger partial charge on any atom is -0.423 e. The van der Waals surface area contributed by atoms with Gasteiger partial charge in [-0.25, -0.2) is 9.59 Å². The lowest BCUT2D eigenvalue weighted by atomic mass is 10.0. The summed E-state index contributed by atoms with van der Waals surface area (Å²) in [7, 11) is 0. The zero-order valence-corrected chi connectivity index (χ0v) is 15.6. The van der Waals surface area contributed by atoms with Gasteiger partial charge in [0.25, 0.3) is 0 Å². The Kier molecular flexibility index (Phi) is 4.38. The van der Waals surface area contributed by atoms with Crippen molar-refractivity contribution in [2.24, 2.45) is 0 Å². The summed E-state index contributed by atoms with van der Waals surface area (Å²) < 4.78 is 11.6. The van der Waals surface area contributed by atoms with Gasteiger partial charge in [0.05, 0.1) is 10.3 Å². The van der Waals surface area contributed by atoms with Crippen LogP contribution in [0.3, 0.4) is 0 Å². The molecule has 0 bridgehead atoms. The van der Waals surface area contributed by atoms with Crippen molar-refractivity contribution in [3.63, 3.8) is 0 Å². The van der Waals surface area contributed by atoms with Crippen molar-refractivity contribution in [2.45, 2.75) is 13.8 Å². The summed E-state index contributed by atoms with van der Waals surface area (Å²) in [5.41, 5.74) is 4.78. The van der Waals surface area contributed by atoms with Gasteiger partial charge in [0.2, 0.25) is 0 Å². The molecule has 1 aromatic heterocycles. The highest BCUT2D eigenvalue weighted by Gasteiger charge is 2.15. The molecule has 0 fully saturated rings. The number of fused-ring (bicyclic) bond motifs is 1. The number of esters is 1. The van der Waals surface area contributed by atoms with E-state index in [9.17, 15) is 9.59 Å². The quantitative estimate of drug-likeness (QED) is 0.357. The lowest BCUT2D eigenvalue weighted by Crippen LogP contribution is -2.08. The molecular weight excluding hydrogens is 360 g/mol. The van der Waals surface area contributed by atoms with E-state index >= 15 is 0 Å². The number of rotatable bonds is 3. The Balaban J connectivity index is 1.77. The normalized spacial score (nSPS) is 10.9. The third-order valence-corrected chi connectivity index (χ3v) is 5.04. The molecule has 0 aliphatic rings. The zero-order valence-electron chi connectivity index (χ0n) is 14.8. The average molecular weight is 376 g/mol. The standard InChI is InChI=1S/C22H16O4S/c1-13-3-7-15(8-4-13)18-11-17(12-19-20(18)26-22(24)27-19)25-21(23)16-9-5-14(2)6-10-16/h3-12H,1-2H3.